The molecule has 4 heteroatoms. The fraction of sp³-hybridized carbons (Fsp3) is 0.600. The summed E-state index contributed by atoms with van der Waals surface area (Å²) in [6, 6.07) is 0. The number of rotatable bonds is 1. The summed E-state index contributed by atoms with van der Waals surface area (Å²) in [5.74, 6) is -0.0197. The largest absolute Gasteiger partial charge is 0.418 e. The van der Waals surface area contributed by atoms with Crippen LogP contribution in [0.1, 0.15) is 19.8 Å². The van der Waals surface area contributed by atoms with Gasteiger partial charge in [-0.1, -0.05) is 19.1 Å². The van der Waals surface area contributed by atoms with Gasteiger partial charge in [0.25, 0.3) is 0 Å². The second-order valence-electron chi connectivity index (χ2n) is 3.50. The first-order valence-electron chi connectivity index (χ1n) is 4.62. The highest BCUT2D eigenvalue weighted by Gasteiger charge is 2.36. The van der Waals surface area contributed by atoms with Crippen LogP contribution in [0.15, 0.2) is 23.4 Å². The van der Waals surface area contributed by atoms with Gasteiger partial charge in [-0.3, -0.25) is 0 Å². The minimum atomic E-state index is -4.26. The van der Waals surface area contributed by atoms with Gasteiger partial charge >= 0.3 is 6.18 Å². The maximum absolute atomic E-state index is 12.6. The van der Waals surface area contributed by atoms with Gasteiger partial charge in [0.2, 0.25) is 0 Å². The van der Waals surface area contributed by atoms with Crippen LogP contribution in [0.25, 0.3) is 0 Å². The Labute approximate surface area is 81.7 Å². The zero-order chi connectivity index (χ0) is 10.8. The van der Waals surface area contributed by atoms with E-state index >= 15 is 0 Å². The van der Waals surface area contributed by atoms with Crippen molar-refractivity contribution in [3.05, 3.63) is 23.4 Å². The van der Waals surface area contributed by atoms with E-state index in [9.17, 15) is 13.2 Å². The van der Waals surface area contributed by atoms with E-state index in [0.717, 1.165) is 6.42 Å². The monoisotopic (exact) mass is 205 g/mol. The molecule has 80 valence electrons. The lowest BCUT2D eigenvalue weighted by atomic mass is 10.0. The Morgan fingerprint density at radius 3 is 2.57 bits per heavy atom. The molecule has 0 bridgehead atoms. The first-order valence-corrected chi connectivity index (χ1v) is 4.62. The summed E-state index contributed by atoms with van der Waals surface area (Å²) in [5.41, 5.74) is -0.341. The number of halogens is 3. The standard InChI is InChI=1S/C10H14F3N/c1-7-4-3-5-9(14-2)8(6-7)10(11,12)13/h5-7,14H,3-4H2,1-2H3. The lowest BCUT2D eigenvalue weighted by Gasteiger charge is -2.14. The van der Waals surface area contributed by atoms with Crippen LogP contribution >= 0.6 is 0 Å². The van der Waals surface area contributed by atoms with E-state index in [0.29, 0.717) is 6.42 Å². The van der Waals surface area contributed by atoms with Gasteiger partial charge in [-0.2, -0.15) is 13.2 Å². The molecule has 0 aromatic carbocycles. The number of alkyl halides is 3. The van der Waals surface area contributed by atoms with Gasteiger partial charge in [-0.25, -0.2) is 0 Å². The van der Waals surface area contributed by atoms with Crippen LogP contribution in [0.4, 0.5) is 13.2 Å². The molecule has 1 aliphatic rings. The van der Waals surface area contributed by atoms with Gasteiger partial charge in [-0.05, 0) is 18.8 Å². The predicted octanol–water partition coefficient (Wildman–Crippen LogP) is 3.01. The highest BCUT2D eigenvalue weighted by atomic mass is 19.4. The van der Waals surface area contributed by atoms with E-state index in [4.69, 9.17) is 0 Å². The smallest absolute Gasteiger partial charge is 0.388 e. The average Bonchev–Trinajstić information content (AvgIpc) is 2.25. The molecule has 0 aromatic heterocycles. The van der Waals surface area contributed by atoms with Crippen LogP contribution in [-0.2, 0) is 0 Å². The van der Waals surface area contributed by atoms with Crippen LogP contribution in [0.5, 0.6) is 0 Å². The summed E-state index contributed by atoms with van der Waals surface area (Å²) < 4.78 is 37.7. The summed E-state index contributed by atoms with van der Waals surface area (Å²) in [6.45, 7) is 1.80. The van der Waals surface area contributed by atoms with Gasteiger partial charge in [-0.15, -0.1) is 0 Å². The van der Waals surface area contributed by atoms with E-state index in [1.165, 1.54) is 13.1 Å². The van der Waals surface area contributed by atoms with Crippen molar-refractivity contribution in [1.29, 1.82) is 0 Å². The molecule has 0 saturated heterocycles. The Bertz CT molecular complexity index is 263. The quantitative estimate of drug-likeness (QED) is 0.693. The SMILES string of the molecule is CNC1=CCCC(C)C=C1C(F)(F)F. The molecule has 1 aliphatic carbocycles. The van der Waals surface area contributed by atoms with Crippen molar-refractivity contribution in [2.75, 3.05) is 7.05 Å². The Balaban J connectivity index is 3.04. The van der Waals surface area contributed by atoms with Crippen LogP contribution in [0, 0.1) is 5.92 Å². The first-order chi connectivity index (χ1) is 6.45. The Kier molecular flexibility index (Phi) is 3.24. The molecule has 0 aliphatic heterocycles. The highest BCUT2D eigenvalue weighted by Crippen LogP contribution is 2.33. The second kappa shape index (κ2) is 4.07. The van der Waals surface area contributed by atoms with E-state index < -0.39 is 11.7 Å². The van der Waals surface area contributed by atoms with Gasteiger partial charge < -0.3 is 5.32 Å². The predicted molar refractivity (Wildman–Crippen MR) is 49.7 cm³/mol. The number of allylic oxidation sites excluding steroid dienone is 3. The molecule has 1 atom stereocenters. The lowest BCUT2D eigenvalue weighted by Crippen LogP contribution is -2.20. The Morgan fingerprint density at radius 1 is 1.43 bits per heavy atom. The first kappa shape index (κ1) is 11.1. The summed E-state index contributed by atoms with van der Waals surface area (Å²) in [4.78, 5) is 0. The van der Waals surface area contributed by atoms with Crippen LogP contribution < -0.4 is 5.32 Å². The van der Waals surface area contributed by atoms with Crippen molar-refractivity contribution < 1.29 is 13.2 Å². The molecule has 1 rings (SSSR count). The molecule has 1 unspecified atom stereocenters. The minimum absolute atomic E-state index is 0.0197. The van der Waals surface area contributed by atoms with Crippen molar-refractivity contribution in [2.45, 2.75) is 25.9 Å². The summed E-state index contributed by atoms with van der Waals surface area (Å²) in [6.07, 6.45) is 0.115. The van der Waals surface area contributed by atoms with Crippen molar-refractivity contribution >= 4 is 0 Å². The van der Waals surface area contributed by atoms with E-state index in [1.54, 1.807) is 13.0 Å². The Hall–Kier alpha value is -0.930. The average molecular weight is 205 g/mol. The third-order valence-electron chi connectivity index (χ3n) is 2.29. The number of likely N-dealkylation sites (N-methyl/N-ethyl adjacent to an activating group) is 1. The van der Waals surface area contributed by atoms with Crippen molar-refractivity contribution in [2.24, 2.45) is 5.92 Å². The van der Waals surface area contributed by atoms with E-state index in [2.05, 4.69) is 5.32 Å². The van der Waals surface area contributed by atoms with Gasteiger partial charge in [0.1, 0.15) is 0 Å². The van der Waals surface area contributed by atoms with Crippen molar-refractivity contribution in [1.82, 2.24) is 5.32 Å². The summed E-state index contributed by atoms with van der Waals surface area (Å²) in [5, 5.41) is 2.59. The fourth-order valence-electron chi connectivity index (χ4n) is 1.54. The third kappa shape index (κ3) is 2.53. The maximum atomic E-state index is 12.6. The molecule has 1 N–H and O–H groups in total. The fourth-order valence-corrected chi connectivity index (χ4v) is 1.54. The maximum Gasteiger partial charge on any atom is 0.418 e. The molecule has 0 spiro atoms. The number of hydrogen-bond acceptors (Lipinski definition) is 1. The van der Waals surface area contributed by atoms with E-state index in [1.807, 2.05) is 0 Å². The molecule has 0 saturated carbocycles. The minimum Gasteiger partial charge on any atom is -0.388 e. The van der Waals surface area contributed by atoms with Crippen LogP contribution in [0.2, 0.25) is 0 Å². The number of hydrogen-bond donors (Lipinski definition) is 1. The zero-order valence-corrected chi connectivity index (χ0v) is 8.28. The summed E-state index contributed by atoms with van der Waals surface area (Å²) >= 11 is 0. The summed E-state index contributed by atoms with van der Waals surface area (Å²) in [7, 11) is 1.52. The van der Waals surface area contributed by atoms with E-state index in [-0.39, 0.29) is 11.6 Å². The molecular formula is C10H14F3N. The van der Waals surface area contributed by atoms with Gasteiger partial charge in [0.15, 0.2) is 0 Å². The molecule has 0 radical (unpaired) electrons. The second-order valence-corrected chi connectivity index (χ2v) is 3.50. The van der Waals surface area contributed by atoms with Crippen LogP contribution in [0.3, 0.4) is 0 Å². The lowest BCUT2D eigenvalue weighted by molar-refractivity contribution is -0.0901. The molecule has 0 aromatic rings. The zero-order valence-electron chi connectivity index (χ0n) is 8.28. The third-order valence-corrected chi connectivity index (χ3v) is 2.29. The molecule has 14 heavy (non-hydrogen) atoms. The molecular weight excluding hydrogens is 191 g/mol. The van der Waals surface area contributed by atoms with Gasteiger partial charge in [0.05, 0.1) is 5.57 Å². The van der Waals surface area contributed by atoms with Gasteiger partial charge in [0, 0.05) is 12.7 Å². The van der Waals surface area contributed by atoms with Crippen molar-refractivity contribution in [3.63, 3.8) is 0 Å². The van der Waals surface area contributed by atoms with Crippen molar-refractivity contribution in [3.8, 4) is 0 Å². The molecule has 1 nitrogen and oxygen atoms in total. The number of nitrogens with one attached hydrogen (secondary N) is 1. The molecule has 0 heterocycles. The molecule has 0 fully saturated rings. The Morgan fingerprint density at radius 2 is 2.07 bits per heavy atom. The highest BCUT2D eigenvalue weighted by molar-refractivity contribution is 5.34. The molecule has 0 amide bonds. The normalized spacial score (nSPS) is 23.6. The van der Waals surface area contributed by atoms with Crippen LogP contribution in [-0.4, -0.2) is 13.2 Å². The topological polar surface area (TPSA) is 12.0 Å².